The van der Waals surface area contributed by atoms with Gasteiger partial charge in [-0.3, -0.25) is 4.79 Å². The Labute approximate surface area is 94.3 Å². The van der Waals surface area contributed by atoms with E-state index in [0.29, 0.717) is 11.3 Å². The molecule has 1 aromatic heterocycles. The average Bonchev–Trinajstić information content (AvgIpc) is 2.15. The Morgan fingerprint density at radius 3 is 2.87 bits per heavy atom. The first-order valence-corrected chi connectivity index (χ1v) is 4.33. The van der Waals surface area contributed by atoms with Crippen LogP contribution in [0.5, 0.6) is 0 Å². The van der Waals surface area contributed by atoms with Gasteiger partial charge in [-0.15, -0.1) is 12.4 Å². The SMILES string of the molecule is CC(N)CNC(=O)c1cccc[n+]1[O-].Cl. The van der Waals surface area contributed by atoms with E-state index in [-0.39, 0.29) is 24.1 Å². The summed E-state index contributed by atoms with van der Waals surface area (Å²) in [5.41, 5.74) is 5.53. The first kappa shape index (κ1) is 13.7. The highest BCUT2D eigenvalue weighted by atomic mass is 35.5. The van der Waals surface area contributed by atoms with E-state index in [2.05, 4.69) is 5.32 Å². The van der Waals surface area contributed by atoms with Crippen molar-refractivity contribution in [3.8, 4) is 0 Å². The number of carbonyl (C=O) groups excluding carboxylic acids is 1. The summed E-state index contributed by atoms with van der Waals surface area (Å²) < 4.78 is 0.524. The lowest BCUT2D eigenvalue weighted by atomic mass is 10.3. The van der Waals surface area contributed by atoms with Gasteiger partial charge in [-0.1, -0.05) is 0 Å². The number of nitrogens with zero attached hydrogens (tertiary/aromatic N) is 1. The van der Waals surface area contributed by atoms with Crippen LogP contribution in [0.15, 0.2) is 24.4 Å². The third kappa shape index (κ3) is 4.14. The minimum Gasteiger partial charge on any atom is -0.618 e. The smallest absolute Gasteiger partial charge is 0.317 e. The maximum atomic E-state index is 11.4. The second-order valence-corrected chi connectivity index (χ2v) is 3.10. The summed E-state index contributed by atoms with van der Waals surface area (Å²) in [6.07, 6.45) is 1.28. The summed E-state index contributed by atoms with van der Waals surface area (Å²) in [6, 6.07) is 4.54. The van der Waals surface area contributed by atoms with Gasteiger partial charge in [0.05, 0.1) is 0 Å². The molecule has 3 N–H and O–H groups in total. The van der Waals surface area contributed by atoms with Crippen molar-refractivity contribution in [2.75, 3.05) is 6.54 Å². The van der Waals surface area contributed by atoms with E-state index >= 15 is 0 Å². The van der Waals surface area contributed by atoms with Gasteiger partial charge < -0.3 is 16.3 Å². The van der Waals surface area contributed by atoms with Gasteiger partial charge in [0.15, 0.2) is 6.20 Å². The van der Waals surface area contributed by atoms with Crippen molar-refractivity contribution < 1.29 is 9.52 Å². The molecular weight excluding hydrogens is 218 g/mol. The number of pyridine rings is 1. The lowest BCUT2D eigenvalue weighted by Gasteiger charge is -2.07. The summed E-state index contributed by atoms with van der Waals surface area (Å²) in [4.78, 5) is 11.4. The fourth-order valence-corrected chi connectivity index (χ4v) is 0.948. The second-order valence-electron chi connectivity index (χ2n) is 3.10. The molecule has 1 heterocycles. The first-order chi connectivity index (χ1) is 6.61. The molecule has 84 valence electrons. The van der Waals surface area contributed by atoms with Crippen LogP contribution in [0.1, 0.15) is 17.4 Å². The molecule has 0 aliphatic heterocycles. The average molecular weight is 232 g/mol. The van der Waals surface area contributed by atoms with Gasteiger partial charge in [-0.05, 0) is 13.0 Å². The minimum atomic E-state index is -0.405. The zero-order valence-electron chi connectivity index (χ0n) is 8.34. The molecule has 1 atom stereocenters. The molecule has 0 fully saturated rings. The third-order valence-electron chi connectivity index (χ3n) is 1.64. The van der Waals surface area contributed by atoms with E-state index in [0.717, 1.165) is 0 Å². The minimum absolute atomic E-state index is 0. The molecule has 1 rings (SSSR count). The normalized spacial score (nSPS) is 11.3. The van der Waals surface area contributed by atoms with Gasteiger partial charge in [0.25, 0.3) is 5.69 Å². The molecule has 0 saturated carbocycles. The highest BCUT2D eigenvalue weighted by molar-refractivity contribution is 5.90. The van der Waals surface area contributed by atoms with E-state index in [1.54, 1.807) is 19.1 Å². The van der Waals surface area contributed by atoms with Gasteiger partial charge in [-0.25, -0.2) is 0 Å². The molecule has 6 heteroatoms. The molecule has 1 amide bonds. The Bertz CT molecular complexity index is 331. The highest BCUT2D eigenvalue weighted by Gasteiger charge is 2.14. The fourth-order valence-electron chi connectivity index (χ4n) is 0.948. The van der Waals surface area contributed by atoms with E-state index in [1.165, 1.54) is 12.3 Å². The quantitative estimate of drug-likeness (QED) is 0.559. The number of rotatable bonds is 3. The topological polar surface area (TPSA) is 82.1 Å². The number of hydrogen-bond acceptors (Lipinski definition) is 3. The van der Waals surface area contributed by atoms with E-state index in [1.807, 2.05) is 0 Å². The molecule has 0 aromatic carbocycles. The fraction of sp³-hybridized carbons (Fsp3) is 0.333. The summed E-state index contributed by atoms with van der Waals surface area (Å²) in [6.45, 7) is 2.13. The van der Waals surface area contributed by atoms with E-state index in [9.17, 15) is 10.0 Å². The van der Waals surface area contributed by atoms with E-state index < -0.39 is 5.91 Å². The second kappa shape index (κ2) is 6.21. The lowest BCUT2D eigenvalue weighted by Crippen LogP contribution is -2.42. The van der Waals surface area contributed by atoms with Crippen molar-refractivity contribution in [3.63, 3.8) is 0 Å². The standard InChI is InChI=1S/C9H13N3O2.ClH/c1-7(10)6-11-9(13)8-4-2-3-5-12(8)14;/h2-5,7H,6,10H2,1H3,(H,11,13);1H. The number of nitrogens with one attached hydrogen (secondary N) is 1. The van der Waals surface area contributed by atoms with Crippen LogP contribution in [0.3, 0.4) is 0 Å². The predicted molar refractivity (Wildman–Crippen MR) is 58.6 cm³/mol. The molecule has 0 radical (unpaired) electrons. The van der Waals surface area contributed by atoms with Crippen molar-refractivity contribution in [3.05, 3.63) is 35.3 Å². The van der Waals surface area contributed by atoms with Crippen LogP contribution >= 0.6 is 12.4 Å². The monoisotopic (exact) mass is 231 g/mol. The van der Waals surface area contributed by atoms with Crippen LogP contribution in [-0.2, 0) is 0 Å². The zero-order chi connectivity index (χ0) is 10.6. The van der Waals surface area contributed by atoms with Crippen LogP contribution in [0.2, 0.25) is 0 Å². The van der Waals surface area contributed by atoms with Crippen LogP contribution < -0.4 is 15.8 Å². The Balaban J connectivity index is 0.00000196. The van der Waals surface area contributed by atoms with Gasteiger partial charge in [0, 0.05) is 24.7 Å². The molecule has 0 aliphatic carbocycles. The molecule has 1 unspecified atom stereocenters. The van der Waals surface area contributed by atoms with Gasteiger partial charge in [0.2, 0.25) is 0 Å². The zero-order valence-corrected chi connectivity index (χ0v) is 9.16. The predicted octanol–water partition coefficient (Wildman–Crippen LogP) is -0.181. The molecule has 0 aliphatic rings. The van der Waals surface area contributed by atoms with Crippen molar-refractivity contribution in [2.45, 2.75) is 13.0 Å². The van der Waals surface area contributed by atoms with Crippen molar-refractivity contribution in [2.24, 2.45) is 5.73 Å². The Morgan fingerprint density at radius 1 is 1.67 bits per heavy atom. The summed E-state index contributed by atoms with van der Waals surface area (Å²) >= 11 is 0. The van der Waals surface area contributed by atoms with Gasteiger partial charge >= 0.3 is 5.91 Å². The van der Waals surface area contributed by atoms with Crippen molar-refractivity contribution in [1.29, 1.82) is 0 Å². The van der Waals surface area contributed by atoms with E-state index in [4.69, 9.17) is 5.73 Å². The van der Waals surface area contributed by atoms with Crippen molar-refractivity contribution >= 4 is 18.3 Å². The molecule has 0 saturated heterocycles. The number of hydrogen-bond donors (Lipinski definition) is 2. The first-order valence-electron chi connectivity index (χ1n) is 4.33. The largest absolute Gasteiger partial charge is 0.618 e. The highest BCUT2D eigenvalue weighted by Crippen LogP contribution is 1.90. The van der Waals surface area contributed by atoms with Crippen molar-refractivity contribution in [1.82, 2.24) is 5.32 Å². The molecule has 15 heavy (non-hydrogen) atoms. The number of nitrogens with two attached hydrogens (primary N) is 1. The van der Waals surface area contributed by atoms with Crippen LogP contribution in [0, 0.1) is 5.21 Å². The maximum absolute atomic E-state index is 11.4. The van der Waals surface area contributed by atoms with Gasteiger partial charge in [-0.2, -0.15) is 4.73 Å². The van der Waals surface area contributed by atoms with Gasteiger partial charge in [0.1, 0.15) is 0 Å². The summed E-state index contributed by atoms with van der Waals surface area (Å²) in [5.74, 6) is -0.405. The molecule has 1 aromatic rings. The number of amides is 1. The summed E-state index contributed by atoms with van der Waals surface area (Å²) in [5, 5.41) is 13.7. The molecular formula is C9H14ClN3O2. The number of aromatic nitrogens is 1. The van der Waals surface area contributed by atoms with Crippen LogP contribution in [-0.4, -0.2) is 18.5 Å². The molecule has 5 nitrogen and oxygen atoms in total. The van der Waals surface area contributed by atoms with Crippen LogP contribution in [0.4, 0.5) is 0 Å². The number of halogens is 1. The third-order valence-corrected chi connectivity index (χ3v) is 1.64. The maximum Gasteiger partial charge on any atom is 0.317 e. The lowest BCUT2D eigenvalue weighted by molar-refractivity contribution is -0.607. The summed E-state index contributed by atoms with van der Waals surface area (Å²) in [7, 11) is 0. The Kier molecular flexibility index (Phi) is 5.66. The Hall–Kier alpha value is -1.33. The Morgan fingerprint density at radius 2 is 2.33 bits per heavy atom. The molecule has 0 spiro atoms. The van der Waals surface area contributed by atoms with Crippen LogP contribution in [0.25, 0.3) is 0 Å². The molecule has 0 bridgehead atoms. The number of carbonyl (C=O) groups is 1.